The van der Waals surface area contributed by atoms with Gasteiger partial charge in [-0.2, -0.15) is 12.6 Å². The van der Waals surface area contributed by atoms with E-state index < -0.39 is 0 Å². The minimum absolute atomic E-state index is 0.235. The smallest absolute Gasteiger partial charge is 0.142 e. The summed E-state index contributed by atoms with van der Waals surface area (Å²) >= 11 is 3.93. The summed E-state index contributed by atoms with van der Waals surface area (Å²) in [5.41, 5.74) is 1.30. The molecule has 0 saturated heterocycles. The summed E-state index contributed by atoms with van der Waals surface area (Å²) in [7, 11) is 0. The average Bonchev–Trinajstić information content (AvgIpc) is 2.19. The van der Waals surface area contributed by atoms with Crippen LogP contribution in [0.2, 0.25) is 0 Å². The Morgan fingerprint density at radius 1 is 1.23 bits per heavy atom. The number of Topliss-reactive ketones (excluding diaryl/α,β-unsaturated/α-hetero) is 1. The second-order valence-electron chi connectivity index (χ2n) is 3.04. The van der Waals surface area contributed by atoms with Gasteiger partial charge >= 0.3 is 0 Å². The molecule has 1 rings (SSSR count). The van der Waals surface area contributed by atoms with Gasteiger partial charge < -0.3 is 0 Å². The third kappa shape index (κ3) is 4.13. The summed E-state index contributed by atoms with van der Waals surface area (Å²) in [6.07, 6.45) is 2.57. The molecule has 0 N–H and O–H groups in total. The number of carbonyl (C=O) groups is 1. The first-order valence-electron chi connectivity index (χ1n) is 4.49. The van der Waals surface area contributed by atoms with Crippen molar-refractivity contribution >= 4 is 18.4 Å². The summed E-state index contributed by atoms with van der Waals surface area (Å²) < 4.78 is 0. The summed E-state index contributed by atoms with van der Waals surface area (Å²) in [6.45, 7) is 0. The van der Waals surface area contributed by atoms with Crippen molar-refractivity contribution in [1.82, 2.24) is 0 Å². The van der Waals surface area contributed by atoms with E-state index in [1.54, 1.807) is 0 Å². The molecule has 0 heterocycles. The van der Waals surface area contributed by atoms with Crippen LogP contribution in [-0.2, 0) is 11.2 Å². The van der Waals surface area contributed by atoms with Crippen molar-refractivity contribution in [2.75, 3.05) is 5.75 Å². The molecule has 0 aliphatic carbocycles. The Balaban J connectivity index is 2.24. The van der Waals surface area contributed by atoms with Crippen LogP contribution in [0.15, 0.2) is 30.3 Å². The van der Waals surface area contributed by atoms with E-state index in [0.717, 1.165) is 12.8 Å². The molecular weight excluding hydrogens is 180 g/mol. The molecule has 2 heteroatoms. The maximum atomic E-state index is 10.9. The number of ketones is 1. The average molecular weight is 194 g/mol. The first-order valence-corrected chi connectivity index (χ1v) is 5.12. The van der Waals surface area contributed by atoms with Gasteiger partial charge in [-0.1, -0.05) is 30.3 Å². The van der Waals surface area contributed by atoms with E-state index >= 15 is 0 Å². The number of hydrogen-bond acceptors (Lipinski definition) is 2. The third-order valence-electron chi connectivity index (χ3n) is 1.94. The van der Waals surface area contributed by atoms with Gasteiger partial charge in [-0.05, 0) is 18.4 Å². The van der Waals surface area contributed by atoms with Crippen LogP contribution in [0, 0.1) is 0 Å². The predicted octanol–water partition coefficient (Wildman–Crippen LogP) is 2.51. The largest absolute Gasteiger partial charge is 0.299 e. The van der Waals surface area contributed by atoms with Crippen LogP contribution in [-0.4, -0.2) is 11.5 Å². The fourth-order valence-electron chi connectivity index (χ4n) is 1.21. The van der Waals surface area contributed by atoms with Crippen molar-refractivity contribution in [3.05, 3.63) is 35.9 Å². The van der Waals surface area contributed by atoms with Crippen LogP contribution < -0.4 is 0 Å². The lowest BCUT2D eigenvalue weighted by atomic mass is 10.1. The zero-order valence-electron chi connectivity index (χ0n) is 7.57. The summed E-state index contributed by atoms with van der Waals surface area (Å²) in [4.78, 5) is 10.9. The van der Waals surface area contributed by atoms with Gasteiger partial charge in [-0.25, -0.2) is 0 Å². The Bertz CT molecular complexity index is 256. The number of aryl methyl sites for hydroxylation is 1. The van der Waals surface area contributed by atoms with Crippen LogP contribution in [0.5, 0.6) is 0 Å². The lowest BCUT2D eigenvalue weighted by Gasteiger charge is -1.99. The van der Waals surface area contributed by atoms with Crippen LogP contribution in [0.25, 0.3) is 0 Å². The van der Waals surface area contributed by atoms with Gasteiger partial charge in [0.2, 0.25) is 0 Å². The fourth-order valence-corrected chi connectivity index (χ4v) is 1.37. The van der Waals surface area contributed by atoms with Gasteiger partial charge in [0, 0.05) is 12.2 Å². The van der Waals surface area contributed by atoms with E-state index in [-0.39, 0.29) is 5.78 Å². The highest BCUT2D eigenvalue weighted by atomic mass is 32.1. The number of hydrogen-bond donors (Lipinski definition) is 1. The molecule has 0 aliphatic rings. The molecule has 0 atom stereocenters. The lowest BCUT2D eigenvalue weighted by Crippen LogP contribution is -1.99. The van der Waals surface area contributed by atoms with E-state index in [0.29, 0.717) is 12.2 Å². The Labute approximate surface area is 84.6 Å². The van der Waals surface area contributed by atoms with Gasteiger partial charge in [-0.15, -0.1) is 0 Å². The summed E-state index contributed by atoms with van der Waals surface area (Å²) in [5.74, 6) is 0.605. The maximum Gasteiger partial charge on any atom is 0.142 e. The number of benzene rings is 1. The highest BCUT2D eigenvalue weighted by molar-refractivity contribution is 7.81. The Morgan fingerprint density at radius 3 is 2.54 bits per heavy atom. The van der Waals surface area contributed by atoms with Gasteiger partial charge in [-0.3, -0.25) is 4.79 Å². The Kier molecular flexibility index (Phi) is 4.61. The van der Waals surface area contributed by atoms with Crippen molar-refractivity contribution in [3.63, 3.8) is 0 Å². The molecule has 1 aromatic rings. The summed E-state index contributed by atoms with van der Waals surface area (Å²) in [6, 6.07) is 10.2. The molecule has 0 amide bonds. The lowest BCUT2D eigenvalue weighted by molar-refractivity contribution is -0.116. The zero-order valence-corrected chi connectivity index (χ0v) is 8.47. The van der Waals surface area contributed by atoms with Gasteiger partial charge in [0.1, 0.15) is 5.78 Å². The van der Waals surface area contributed by atoms with Crippen LogP contribution in [0.4, 0.5) is 0 Å². The first-order chi connectivity index (χ1) is 6.33. The first kappa shape index (κ1) is 10.3. The number of carbonyl (C=O) groups excluding carboxylic acids is 1. The monoisotopic (exact) mass is 194 g/mol. The zero-order chi connectivity index (χ0) is 9.52. The quantitative estimate of drug-likeness (QED) is 0.713. The van der Waals surface area contributed by atoms with E-state index in [9.17, 15) is 4.79 Å². The Morgan fingerprint density at radius 2 is 1.92 bits per heavy atom. The highest BCUT2D eigenvalue weighted by Crippen LogP contribution is 2.04. The van der Waals surface area contributed by atoms with E-state index in [1.165, 1.54) is 5.56 Å². The molecule has 0 spiro atoms. The maximum absolute atomic E-state index is 10.9. The van der Waals surface area contributed by atoms with E-state index in [4.69, 9.17) is 0 Å². The minimum Gasteiger partial charge on any atom is -0.299 e. The van der Waals surface area contributed by atoms with Gasteiger partial charge in [0.15, 0.2) is 0 Å². The standard InChI is InChI=1S/C11H14OS/c12-11(9-13)8-4-7-10-5-2-1-3-6-10/h1-3,5-6,13H,4,7-9H2. The van der Waals surface area contributed by atoms with E-state index in [1.807, 2.05) is 18.2 Å². The normalized spacial score (nSPS) is 9.92. The molecule has 1 aromatic carbocycles. The molecule has 0 saturated carbocycles. The molecule has 0 bridgehead atoms. The molecular formula is C11H14OS. The highest BCUT2D eigenvalue weighted by Gasteiger charge is 1.98. The number of rotatable bonds is 5. The second kappa shape index (κ2) is 5.81. The van der Waals surface area contributed by atoms with Crippen molar-refractivity contribution < 1.29 is 4.79 Å². The van der Waals surface area contributed by atoms with Crippen molar-refractivity contribution in [2.45, 2.75) is 19.3 Å². The van der Waals surface area contributed by atoms with Crippen molar-refractivity contribution in [2.24, 2.45) is 0 Å². The van der Waals surface area contributed by atoms with Crippen LogP contribution in [0.1, 0.15) is 18.4 Å². The Hall–Kier alpha value is -0.760. The molecule has 0 fully saturated rings. The van der Waals surface area contributed by atoms with Crippen LogP contribution in [0.3, 0.4) is 0 Å². The topological polar surface area (TPSA) is 17.1 Å². The molecule has 1 nitrogen and oxygen atoms in total. The SMILES string of the molecule is O=C(CS)CCCc1ccccc1. The van der Waals surface area contributed by atoms with E-state index in [2.05, 4.69) is 24.8 Å². The summed E-state index contributed by atoms with van der Waals surface area (Å²) in [5, 5.41) is 0. The minimum atomic E-state index is 0.235. The molecule has 70 valence electrons. The predicted molar refractivity (Wildman–Crippen MR) is 58.2 cm³/mol. The number of thiol groups is 1. The van der Waals surface area contributed by atoms with Crippen LogP contribution >= 0.6 is 12.6 Å². The molecule has 13 heavy (non-hydrogen) atoms. The third-order valence-corrected chi connectivity index (χ3v) is 2.29. The van der Waals surface area contributed by atoms with Gasteiger partial charge in [0.05, 0.1) is 0 Å². The van der Waals surface area contributed by atoms with Gasteiger partial charge in [0.25, 0.3) is 0 Å². The molecule has 0 aromatic heterocycles. The van der Waals surface area contributed by atoms with Crippen molar-refractivity contribution in [1.29, 1.82) is 0 Å². The second-order valence-corrected chi connectivity index (χ2v) is 3.35. The molecule has 0 radical (unpaired) electrons. The molecule has 0 aliphatic heterocycles. The molecule has 0 unspecified atom stereocenters. The van der Waals surface area contributed by atoms with Crippen molar-refractivity contribution in [3.8, 4) is 0 Å². The fraction of sp³-hybridized carbons (Fsp3) is 0.364.